The predicted molar refractivity (Wildman–Crippen MR) is 133 cm³/mol. The zero-order valence-electron chi connectivity index (χ0n) is 19.1. The highest BCUT2D eigenvalue weighted by atomic mass is 32.1. The molecule has 1 aliphatic rings. The van der Waals surface area contributed by atoms with Gasteiger partial charge in [-0.2, -0.15) is 4.98 Å². The van der Waals surface area contributed by atoms with Gasteiger partial charge in [-0.15, -0.1) is 11.3 Å². The molecule has 0 saturated heterocycles. The van der Waals surface area contributed by atoms with Gasteiger partial charge >= 0.3 is 0 Å². The molecule has 0 unspecified atom stereocenters. The summed E-state index contributed by atoms with van der Waals surface area (Å²) in [5, 5.41) is 38.3. The van der Waals surface area contributed by atoms with Crippen molar-refractivity contribution in [1.82, 2.24) is 15.0 Å². The second-order valence-electron chi connectivity index (χ2n) is 8.80. The summed E-state index contributed by atoms with van der Waals surface area (Å²) < 4.78 is 14.6. The number of benzene rings is 2. The van der Waals surface area contributed by atoms with Crippen LogP contribution in [0.25, 0.3) is 20.8 Å². The quantitative estimate of drug-likeness (QED) is 0.246. The number of thiazole rings is 1. The van der Waals surface area contributed by atoms with Crippen LogP contribution in [0.5, 0.6) is 0 Å². The number of para-hydroxylation sites is 1. The fourth-order valence-corrected chi connectivity index (χ4v) is 5.50. The fourth-order valence-electron chi connectivity index (χ4n) is 4.44. The first kappa shape index (κ1) is 23.6. The molecule has 0 spiro atoms. The van der Waals surface area contributed by atoms with Crippen molar-refractivity contribution in [3.05, 3.63) is 65.6 Å². The summed E-state index contributed by atoms with van der Waals surface area (Å²) in [4.78, 5) is 13.9. The van der Waals surface area contributed by atoms with E-state index in [-0.39, 0.29) is 24.8 Å². The summed E-state index contributed by atoms with van der Waals surface area (Å²) >= 11 is 1.48. The Labute approximate surface area is 205 Å². The summed E-state index contributed by atoms with van der Waals surface area (Å²) in [6, 6.07) is 14.0. The molecule has 3 atom stereocenters. The smallest absolute Gasteiger partial charge is 0.225 e. The molecule has 8 nitrogen and oxygen atoms in total. The Bertz CT molecular complexity index is 1330. The number of halogens is 1. The van der Waals surface area contributed by atoms with E-state index in [2.05, 4.69) is 20.6 Å². The van der Waals surface area contributed by atoms with Crippen LogP contribution >= 0.6 is 11.3 Å². The summed E-state index contributed by atoms with van der Waals surface area (Å²) in [5.41, 5.74) is 1.14. The van der Waals surface area contributed by atoms with Gasteiger partial charge in [0.2, 0.25) is 5.95 Å². The van der Waals surface area contributed by atoms with E-state index in [1.807, 2.05) is 31.2 Å². The van der Waals surface area contributed by atoms with E-state index < -0.39 is 17.7 Å². The first-order valence-electron chi connectivity index (χ1n) is 11.4. The second kappa shape index (κ2) is 9.46. The van der Waals surface area contributed by atoms with E-state index in [1.165, 1.54) is 23.5 Å². The molecule has 0 bridgehead atoms. The summed E-state index contributed by atoms with van der Waals surface area (Å²) in [5.74, 6) is -0.162. The van der Waals surface area contributed by atoms with Crippen molar-refractivity contribution in [3.8, 4) is 10.6 Å². The van der Waals surface area contributed by atoms with Gasteiger partial charge < -0.3 is 26.0 Å². The molecule has 0 aliphatic heterocycles. The van der Waals surface area contributed by atoms with Gasteiger partial charge in [-0.05, 0) is 49.6 Å². The summed E-state index contributed by atoms with van der Waals surface area (Å²) in [6.45, 7) is 1.91. The highest BCUT2D eigenvalue weighted by Gasteiger charge is 2.47. The van der Waals surface area contributed by atoms with E-state index in [0.29, 0.717) is 35.0 Å². The second-order valence-corrected chi connectivity index (χ2v) is 9.83. The van der Waals surface area contributed by atoms with Gasteiger partial charge in [0.15, 0.2) is 5.72 Å². The van der Waals surface area contributed by atoms with Gasteiger partial charge in [0.05, 0.1) is 21.5 Å². The lowest BCUT2D eigenvalue weighted by atomic mass is 10.0. The molecule has 35 heavy (non-hydrogen) atoms. The van der Waals surface area contributed by atoms with Crippen molar-refractivity contribution in [3.63, 3.8) is 0 Å². The van der Waals surface area contributed by atoms with Crippen LogP contribution < -0.4 is 10.6 Å². The largest absolute Gasteiger partial charge is 0.396 e. The van der Waals surface area contributed by atoms with Crippen LogP contribution in [0.2, 0.25) is 0 Å². The van der Waals surface area contributed by atoms with Crippen molar-refractivity contribution in [2.24, 2.45) is 5.92 Å². The number of aromatic nitrogens is 3. The number of hydrogen-bond donors (Lipinski definition) is 5. The SMILES string of the molecule is Cc1nc(NCc2cccc(F)c2)nc(N[C@@]2(O)CC[C@H](CO)[C@H]2O)c1-c1nc2ccccc2s1. The molecule has 1 saturated carbocycles. The van der Waals surface area contributed by atoms with Crippen LogP contribution in [0.3, 0.4) is 0 Å². The van der Waals surface area contributed by atoms with Crippen molar-refractivity contribution in [2.75, 3.05) is 17.2 Å². The molecular weight excluding hydrogens is 469 g/mol. The number of anilines is 2. The van der Waals surface area contributed by atoms with Gasteiger partial charge in [0.1, 0.15) is 22.7 Å². The Balaban J connectivity index is 1.53. The van der Waals surface area contributed by atoms with Gasteiger partial charge in [0.25, 0.3) is 0 Å². The number of aryl methyl sites for hydroxylation is 1. The number of rotatable bonds is 7. The van der Waals surface area contributed by atoms with Crippen LogP contribution in [0.4, 0.5) is 16.2 Å². The third-order valence-corrected chi connectivity index (χ3v) is 7.39. The minimum absolute atomic E-state index is 0.223. The lowest BCUT2D eigenvalue weighted by molar-refractivity contribution is -0.0545. The van der Waals surface area contributed by atoms with Crippen LogP contribution in [-0.4, -0.2) is 48.7 Å². The molecule has 0 radical (unpaired) electrons. The number of hydrogen-bond acceptors (Lipinski definition) is 9. The summed E-state index contributed by atoms with van der Waals surface area (Å²) in [6.07, 6.45) is -0.463. The Hall–Kier alpha value is -3.18. The minimum Gasteiger partial charge on any atom is -0.396 e. The molecule has 182 valence electrons. The van der Waals surface area contributed by atoms with Crippen molar-refractivity contribution in [1.29, 1.82) is 0 Å². The average Bonchev–Trinajstić information content (AvgIpc) is 3.38. The molecule has 5 N–H and O–H groups in total. The molecule has 1 fully saturated rings. The average molecular weight is 496 g/mol. The minimum atomic E-state index is -1.67. The first-order valence-corrected chi connectivity index (χ1v) is 12.2. The van der Waals surface area contributed by atoms with E-state index in [1.54, 1.807) is 12.1 Å². The van der Waals surface area contributed by atoms with Crippen LogP contribution in [0.15, 0.2) is 48.5 Å². The number of nitrogens with one attached hydrogen (secondary N) is 2. The Kier molecular flexibility index (Phi) is 6.37. The molecule has 0 amide bonds. The number of aliphatic hydroxyl groups is 3. The van der Waals surface area contributed by atoms with E-state index in [9.17, 15) is 19.7 Å². The van der Waals surface area contributed by atoms with Crippen molar-refractivity contribution in [2.45, 2.75) is 38.1 Å². The van der Waals surface area contributed by atoms with Crippen LogP contribution in [-0.2, 0) is 6.54 Å². The fraction of sp³-hybridized carbons (Fsp3) is 0.320. The molecular formula is C25H26FN5O3S. The molecule has 2 aromatic heterocycles. The predicted octanol–water partition coefficient (Wildman–Crippen LogP) is 3.68. The normalized spacial score (nSPS) is 22.0. The lowest BCUT2D eigenvalue weighted by Crippen LogP contribution is -2.48. The maximum atomic E-state index is 13.6. The van der Waals surface area contributed by atoms with Crippen LogP contribution in [0.1, 0.15) is 24.1 Å². The third kappa shape index (κ3) is 4.70. The van der Waals surface area contributed by atoms with Gasteiger partial charge in [0, 0.05) is 19.1 Å². The lowest BCUT2D eigenvalue weighted by Gasteiger charge is -2.31. The number of aliphatic hydroxyl groups excluding tert-OH is 2. The maximum absolute atomic E-state index is 13.6. The van der Waals surface area contributed by atoms with E-state index in [0.717, 1.165) is 15.8 Å². The number of fused-ring (bicyclic) bond motifs is 1. The molecule has 1 aliphatic carbocycles. The molecule has 5 rings (SSSR count). The van der Waals surface area contributed by atoms with E-state index >= 15 is 0 Å². The maximum Gasteiger partial charge on any atom is 0.225 e. The molecule has 4 aromatic rings. The third-order valence-electron chi connectivity index (χ3n) is 6.34. The Morgan fingerprint density at radius 3 is 2.71 bits per heavy atom. The highest BCUT2D eigenvalue weighted by molar-refractivity contribution is 7.21. The highest BCUT2D eigenvalue weighted by Crippen LogP contribution is 2.40. The van der Waals surface area contributed by atoms with Gasteiger partial charge in [-0.1, -0.05) is 24.3 Å². The standard InChI is InChI=1S/C25H26FN5O3S/c1-14-20(23-29-18-7-2-3-8-19(18)35-23)22(31-25(34)10-9-16(13-32)21(25)33)30-24(28-14)27-12-15-5-4-6-17(26)11-15/h2-8,11,16,21,32-34H,9-10,12-13H2,1H3,(H2,27,28,30,31)/t16-,21-,25-/m1/s1. The molecule has 2 aromatic carbocycles. The molecule has 2 heterocycles. The first-order chi connectivity index (χ1) is 16.9. The van der Waals surface area contributed by atoms with E-state index in [4.69, 9.17) is 4.98 Å². The van der Waals surface area contributed by atoms with Gasteiger partial charge in [-0.25, -0.2) is 14.4 Å². The summed E-state index contributed by atoms with van der Waals surface area (Å²) in [7, 11) is 0. The Morgan fingerprint density at radius 1 is 1.14 bits per heavy atom. The topological polar surface area (TPSA) is 123 Å². The van der Waals surface area contributed by atoms with Crippen molar-refractivity contribution < 1.29 is 19.7 Å². The number of nitrogens with zero attached hydrogens (tertiary/aromatic N) is 3. The molecule has 10 heteroatoms. The van der Waals surface area contributed by atoms with Crippen molar-refractivity contribution >= 4 is 33.3 Å². The van der Waals surface area contributed by atoms with Crippen LogP contribution in [0, 0.1) is 18.7 Å². The Morgan fingerprint density at radius 2 is 1.97 bits per heavy atom. The zero-order valence-corrected chi connectivity index (χ0v) is 19.9. The monoisotopic (exact) mass is 495 g/mol. The van der Waals surface area contributed by atoms with Gasteiger partial charge in [-0.3, -0.25) is 0 Å². The zero-order chi connectivity index (χ0) is 24.6.